The monoisotopic (exact) mass is 348 g/mol. The largest absolute Gasteiger partial charge is 0.465 e. The summed E-state index contributed by atoms with van der Waals surface area (Å²) in [6.45, 7) is 8.95. The molecule has 0 bridgehead atoms. The number of amides is 2. The Balaban J connectivity index is 2.34. The number of esters is 1. The summed E-state index contributed by atoms with van der Waals surface area (Å²) in [5.74, 6) is -0.159. The van der Waals surface area contributed by atoms with E-state index >= 15 is 0 Å². The van der Waals surface area contributed by atoms with Gasteiger partial charge in [-0.05, 0) is 44.4 Å². The first-order chi connectivity index (χ1) is 11.9. The number of carbonyl (C=O) groups is 2. The molecule has 0 aromatic heterocycles. The second-order valence-corrected chi connectivity index (χ2v) is 6.91. The van der Waals surface area contributed by atoms with E-state index in [0.717, 1.165) is 36.9 Å². The van der Waals surface area contributed by atoms with Crippen LogP contribution >= 0.6 is 0 Å². The first-order valence-corrected chi connectivity index (χ1v) is 9.20. The van der Waals surface area contributed by atoms with Crippen LogP contribution in [0, 0.1) is 5.41 Å². The molecule has 2 N–H and O–H groups in total. The zero-order valence-electron chi connectivity index (χ0n) is 16.0. The summed E-state index contributed by atoms with van der Waals surface area (Å²) < 4.78 is 5.34. The van der Waals surface area contributed by atoms with Crippen LogP contribution in [0.25, 0.3) is 0 Å². The van der Waals surface area contributed by atoms with Crippen molar-refractivity contribution >= 4 is 17.7 Å². The van der Waals surface area contributed by atoms with Gasteiger partial charge >= 0.3 is 12.0 Å². The molecule has 5 heteroatoms. The van der Waals surface area contributed by atoms with Gasteiger partial charge in [0.25, 0.3) is 0 Å². The Morgan fingerprint density at radius 2 is 1.76 bits per heavy atom. The van der Waals surface area contributed by atoms with E-state index in [-0.39, 0.29) is 12.0 Å². The van der Waals surface area contributed by atoms with Crippen LogP contribution in [0.4, 0.5) is 10.5 Å². The van der Waals surface area contributed by atoms with E-state index in [4.69, 9.17) is 4.74 Å². The maximum atomic E-state index is 11.9. The van der Waals surface area contributed by atoms with Crippen LogP contribution in [0.5, 0.6) is 0 Å². The second kappa shape index (κ2) is 10.7. The van der Waals surface area contributed by atoms with Crippen molar-refractivity contribution in [1.82, 2.24) is 5.32 Å². The number of ether oxygens (including phenoxy) is 1. The number of carbonyl (C=O) groups excluding carboxylic acids is 2. The number of hydrogen-bond donors (Lipinski definition) is 2. The normalized spacial score (nSPS) is 11.0. The van der Waals surface area contributed by atoms with Crippen LogP contribution in [0.1, 0.15) is 58.9 Å². The quantitative estimate of drug-likeness (QED) is 0.482. The van der Waals surface area contributed by atoms with Crippen LogP contribution in [0.3, 0.4) is 0 Å². The van der Waals surface area contributed by atoms with Crippen molar-refractivity contribution in [2.24, 2.45) is 5.41 Å². The van der Waals surface area contributed by atoms with Crippen LogP contribution in [0.2, 0.25) is 0 Å². The van der Waals surface area contributed by atoms with Gasteiger partial charge in [0, 0.05) is 18.7 Å². The maximum Gasteiger partial charge on any atom is 0.319 e. The minimum atomic E-state index is -0.432. The lowest BCUT2D eigenvalue weighted by Gasteiger charge is -2.20. The zero-order valence-corrected chi connectivity index (χ0v) is 16.0. The van der Waals surface area contributed by atoms with Crippen LogP contribution in [-0.4, -0.2) is 25.2 Å². The fraction of sp³-hybridized carbons (Fsp3) is 0.600. The molecule has 0 radical (unpaired) electrons. The molecule has 2 amide bonds. The number of hydrogen-bond acceptors (Lipinski definition) is 3. The topological polar surface area (TPSA) is 67.4 Å². The van der Waals surface area contributed by atoms with E-state index < -0.39 is 5.41 Å². The van der Waals surface area contributed by atoms with Gasteiger partial charge in [-0.1, -0.05) is 38.8 Å². The van der Waals surface area contributed by atoms with E-state index in [0.29, 0.717) is 19.6 Å². The Bertz CT molecular complexity index is 538. The number of nitrogens with one attached hydrogen (secondary N) is 2. The SMILES string of the molecule is CCCCCNC(=O)Nc1ccc(CCOC(=O)C(C)(C)CC)cc1. The first kappa shape index (κ1) is 21.0. The summed E-state index contributed by atoms with van der Waals surface area (Å²) in [6.07, 6.45) is 4.67. The molecule has 0 aliphatic carbocycles. The Morgan fingerprint density at radius 3 is 2.36 bits per heavy atom. The third-order valence-electron chi connectivity index (χ3n) is 4.34. The molecule has 5 nitrogen and oxygen atoms in total. The fourth-order valence-electron chi connectivity index (χ4n) is 2.11. The Kier molecular flexibility index (Phi) is 9.03. The minimum Gasteiger partial charge on any atom is -0.465 e. The van der Waals surface area contributed by atoms with Crippen molar-refractivity contribution in [2.75, 3.05) is 18.5 Å². The molecule has 0 unspecified atom stereocenters. The van der Waals surface area contributed by atoms with Crippen LogP contribution < -0.4 is 10.6 Å². The Labute approximate surface area is 151 Å². The molecule has 1 rings (SSSR count). The van der Waals surface area contributed by atoms with Gasteiger partial charge in [-0.3, -0.25) is 4.79 Å². The van der Waals surface area contributed by atoms with Crippen molar-refractivity contribution in [2.45, 2.75) is 59.8 Å². The third-order valence-corrected chi connectivity index (χ3v) is 4.34. The molecule has 0 saturated carbocycles. The van der Waals surface area contributed by atoms with Gasteiger partial charge in [-0.15, -0.1) is 0 Å². The third kappa shape index (κ3) is 8.05. The van der Waals surface area contributed by atoms with Crippen molar-refractivity contribution in [3.8, 4) is 0 Å². The van der Waals surface area contributed by atoms with Crippen molar-refractivity contribution < 1.29 is 14.3 Å². The summed E-state index contributed by atoms with van der Waals surface area (Å²) in [5.41, 5.74) is 1.38. The van der Waals surface area contributed by atoms with Gasteiger partial charge in [0.2, 0.25) is 0 Å². The molecule has 0 spiro atoms. The molecule has 140 valence electrons. The van der Waals surface area contributed by atoms with Gasteiger partial charge in [-0.25, -0.2) is 4.79 Å². The van der Waals surface area contributed by atoms with Gasteiger partial charge in [0.15, 0.2) is 0 Å². The molecule has 0 fully saturated rings. The average Bonchev–Trinajstić information content (AvgIpc) is 2.60. The zero-order chi connectivity index (χ0) is 18.7. The standard InChI is InChI=1S/C20H32N2O3/c1-5-7-8-14-21-19(24)22-17-11-9-16(10-12-17)13-15-25-18(23)20(3,4)6-2/h9-12H,5-8,13-15H2,1-4H3,(H2,21,22,24). The summed E-state index contributed by atoms with van der Waals surface area (Å²) in [5, 5.41) is 5.65. The van der Waals surface area contributed by atoms with E-state index in [9.17, 15) is 9.59 Å². The number of unbranched alkanes of at least 4 members (excludes halogenated alkanes) is 2. The first-order valence-electron chi connectivity index (χ1n) is 9.20. The number of benzene rings is 1. The van der Waals surface area contributed by atoms with Crippen molar-refractivity contribution in [3.05, 3.63) is 29.8 Å². The van der Waals surface area contributed by atoms with Crippen LogP contribution in [-0.2, 0) is 16.0 Å². The predicted molar refractivity (Wildman–Crippen MR) is 102 cm³/mol. The molecule has 0 atom stereocenters. The highest BCUT2D eigenvalue weighted by atomic mass is 16.5. The molecule has 1 aromatic carbocycles. The van der Waals surface area contributed by atoms with Crippen LogP contribution in [0.15, 0.2) is 24.3 Å². The Hall–Kier alpha value is -2.04. The minimum absolute atomic E-state index is 0.159. The van der Waals surface area contributed by atoms with E-state index in [1.807, 2.05) is 45.0 Å². The van der Waals surface area contributed by atoms with Crippen molar-refractivity contribution in [3.63, 3.8) is 0 Å². The summed E-state index contributed by atoms with van der Waals surface area (Å²) in [4.78, 5) is 23.7. The number of urea groups is 1. The second-order valence-electron chi connectivity index (χ2n) is 6.91. The molecule has 0 saturated heterocycles. The number of anilines is 1. The highest BCUT2D eigenvalue weighted by Gasteiger charge is 2.26. The van der Waals surface area contributed by atoms with E-state index in [2.05, 4.69) is 17.6 Å². The van der Waals surface area contributed by atoms with Crippen molar-refractivity contribution in [1.29, 1.82) is 0 Å². The lowest BCUT2D eigenvalue weighted by Crippen LogP contribution is -2.29. The van der Waals surface area contributed by atoms with E-state index in [1.165, 1.54) is 0 Å². The summed E-state index contributed by atoms with van der Waals surface area (Å²) >= 11 is 0. The van der Waals surface area contributed by atoms with Gasteiger partial charge < -0.3 is 15.4 Å². The Morgan fingerprint density at radius 1 is 1.08 bits per heavy atom. The summed E-state index contributed by atoms with van der Waals surface area (Å²) in [6, 6.07) is 7.41. The number of rotatable bonds is 10. The fourth-order valence-corrected chi connectivity index (χ4v) is 2.11. The lowest BCUT2D eigenvalue weighted by atomic mass is 9.91. The highest BCUT2D eigenvalue weighted by molar-refractivity contribution is 5.89. The molecule has 0 aliphatic heterocycles. The molecule has 25 heavy (non-hydrogen) atoms. The van der Waals surface area contributed by atoms with E-state index in [1.54, 1.807) is 0 Å². The lowest BCUT2D eigenvalue weighted by molar-refractivity contribution is -0.154. The molecule has 0 heterocycles. The smallest absolute Gasteiger partial charge is 0.319 e. The summed E-state index contributed by atoms with van der Waals surface area (Å²) in [7, 11) is 0. The average molecular weight is 348 g/mol. The molecular formula is C20H32N2O3. The maximum absolute atomic E-state index is 11.9. The molecule has 1 aromatic rings. The molecule has 0 aliphatic rings. The molecular weight excluding hydrogens is 316 g/mol. The predicted octanol–water partition coefficient (Wildman–Crippen LogP) is 4.52. The highest BCUT2D eigenvalue weighted by Crippen LogP contribution is 2.21. The van der Waals surface area contributed by atoms with Gasteiger partial charge in [-0.2, -0.15) is 0 Å². The van der Waals surface area contributed by atoms with Gasteiger partial charge in [0.05, 0.1) is 12.0 Å². The van der Waals surface area contributed by atoms with Gasteiger partial charge in [0.1, 0.15) is 0 Å².